The van der Waals surface area contributed by atoms with Gasteiger partial charge in [-0.2, -0.15) is 0 Å². The Morgan fingerprint density at radius 2 is 1.57 bits per heavy atom. The first-order valence-electron chi connectivity index (χ1n) is 9.31. The van der Waals surface area contributed by atoms with Crippen molar-refractivity contribution in [2.24, 2.45) is 0 Å². The fraction of sp³-hybridized carbons (Fsp3) is 0.941. The Balaban J connectivity index is 1.53. The van der Waals surface area contributed by atoms with Gasteiger partial charge in [0.1, 0.15) is 0 Å². The molecule has 0 radical (unpaired) electrons. The molecule has 2 rings (SSSR count). The number of hydrogen-bond donors (Lipinski definition) is 1. The van der Waals surface area contributed by atoms with Gasteiger partial charge >= 0.3 is 0 Å². The lowest BCUT2D eigenvalue weighted by Gasteiger charge is -2.23. The van der Waals surface area contributed by atoms with Gasteiger partial charge in [-0.05, 0) is 18.6 Å². The van der Waals surface area contributed by atoms with Gasteiger partial charge in [-0.25, -0.2) is 8.42 Å². The molecular formula is C17H32N2O2S2. The van der Waals surface area contributed by atoms with Crippen molar-refractivity contribution >= 4 is 27.2 Å². The zero-order valence-electron chi connectivity index (χ0n) is 14.4. The van der Waals surface area contributed by atoms with E-state index in [1.165, 1.54) is 57.8 Å². The largest absolute Gasteiger partial charge is 0.357 e. The smallest absolute Gasteiger partial charge is 0.169 e. The first-order valence-corrected chi connectivity index (χ1v) is 11.5. The van der Waals surface area contributed by atoms with Gasteiger partial charge in [-0.1, -0.05) is 64.7 Å². The molecule has 2 aliphatic rings. The van der Waals surface area contributed by atoms with Crippen LogP contribution in [0.3, 0.4) is 0 Å². The Hall–Kier alpha value is -0.360. The van der Waals surface area contributed by atoms with Crippen LogP contribution in [-0.4, -0.2) is 48.6 Å². The van der Waals surface area contributed by atoms with Gasteiger partial charge in [0.2, 0.25) is 0 Å². The maximum absolute atomic E-state index is 11.7. The van der Waals surface area contributed by atoms with Crippen molar-refractivity contribution in [1.82, 2.24) is 10.2 Å². The minimum atomic E-state index is -2.88. The van der Waals surface area contributed by atoms with Crippen LogP contribution in [0.1, 0.15) is 71.1 Å². The van der Waals surface area contributed by atoms with Gasteiger partial charge in [0.15, 0.2) is 14.9 Å². The van der Waals surface area contributed by atoms with Crippen LogP contribution < -0.4 is 5.32 Å². The highest BCUT2D eigenvalue weighted by Gasteiger charge is 2.46. The minimum Gasteiger partial charge on any atom is -0.357 e. The number of sulfone groups is 1. The first kappa shape index (κ1) is 19.0. The molecule has 2 heterocycles. The van der Waals surface area contributed by atoms with Crippen LogP contribution in [0.5, 0.6) is 0 Å². The Morgan fingerprint density at radius 3 is 2.17 bits per heavy atom. The van der Waals surface area contributed by atoms with E-state index < -0.39 is 9.84 Å². The van der Waals surface area contributed by atoms with E-state index in [4.69, 9.17) is 12.2 Å². The zero-order chi connectivity index (χ0) is 16.7. The molecule has 134 valence electrons. The maximum atomic E-state index is 11.7. The molecule has 0 spiro atoms. The predicted octanol–water partition coefficient (Wildman–Crippen LogP) is 3.26. The number of nitrogens with one attached hydrogen (secondary N) is 1. The number of unbranched alkanes of at least 4 members (excludes halogenated alkanes) is 9. The lowest BCUT2D eigenvalue weighted by Crippen LogP contribution is -2.37. The fourth-order valence-corrected chi connectivity index (χ4v) is 6.00. The van der Waals surface area contributed by atoms with Crippen LogP contribution in [0.25, 0.3) is 0 Å². The third-order valence-corrected chi connectivity index (χ3v) is 7.11. The summed E-state index contributed by atoms with van der Waals surface area (Å²) in [5.41, 5.74) is 0. The topological polar surface area (TPSA) is 49.4 Å². The van der Waals surface area contributed by atoms with E-state index in [-0.39, 0.29) is 23.6 Å². The summed E-state index contributed by atoms with van der Waals surface area (Å²) >= 11 is 5.36. The Morgan fingerprint density at radius 1 is 1.00 bits per heavy atom. The number of hydrogen-bond acceptors (Lipinski definition) is 3. The first-order chi connectivity index (χ1) is 11.0. The summed E-state index contributed by atoms with van der Waals surface area (Å²) in [6.45, 7) is 3.16. The van der Waals surface area contributed by atoms with E-state index in [1.807, 2.05) is 0 Å². The molecule has 2 aliphatic heterocycles. The van der Waals surface area contributed by atoms with Crippen molar-refractivity contribution in [3.63, 3.8) is 0 Å². The molecule has 6 heteroatoms. The van der Waals surface area contributed by atoms with Gasteiger partial charge in [0.25, 0.3) is 0 Å². The Labute approximate surface area is 147 Å². The van der Waals surface area contributed by atoms with Crippen molar-refractivity contribution in [2.45, 2.75) is 83.2 Å². The van der Waals surface area contributed by atoms with E-state index in [0.717, 1.165) is 18.1 Å². The van der Waals surface area contributed by atoms with Crippen LogP contribution in [0.15, 0.2) is 0 Å². The van der Waals surface area contributed by atoms with Gasteiger partial charge in [0, 0.05) is 6.54 Å². The molecular weight excluding hydrogens is 328 g/mol. The normalized spacial score (nSPS) is 25.6. The summed E-state index contributed by atoms with van der Waals surface area (Å²) in [5, 5.41) is 3.94. The number of nitrogens with zero attached hydrogens (tertiary/aromatic N) is 1. The van der Waals surface area contributed by atoms with Crippen molar-refractivity contribution in [3.8, 4) is 0 Å². The summed E-state index contributed by atoms with van der Waals surface area (Å²) in [6, 6.07) is 0.0988. The van der Waals surface area contributed by atoms with Crippen LogP contribution >= 0.6 is 12.2 Å². The summed E-state index contributed by atoms with van der Waals surface area (Å²) in [4.78, 5) is 2.12. The minimum absolute atomic E-state index is 0.0237. The molecule has 0 unspecified atom stereocenters. The van der Waals surface area contributed by atoms with E-state index >= 15 is 0 Å². The zero-order valence-corrected chi connectivity index (χ0v) is 16.1. The molecule has 0 bridgehead atoms. The number of fused-ring (bicyclic) bond motifs is 1. The highest BCUT2D eigenvalue weighted by Crippen LogP contribution is 2.24. The quantitative estimate of drug-likeness (QED) is 0.453. The number of thiocarbonyl (C=S) groups is 1. The standard InChI is InChI=1S/C17H32N2O2S2/c1-2-3-4-5-6-7-8-9-10-11-12-19-16-14-23(20,21)13-15(16)18-17(19)22/h15-16H,2-14H2,1H3,(H,18,22)/t15-,16-/m0/s1. The molecule has 4 nitrogen and oxygen atoms in total. The molecule has 0 amide bonds. The SMILES string of the molecule is CCCCCCCCCCCCN1C(=S)N[C@H]2CS(=O)(=O)C[C@@H]21. The molecule has 0 aromatic heterocycles. The van der Waals surface area contributed by atoms with Crippen molar-refractivity contribution in [2.75, 3.05) is 18.1 Å². The Bertz CT molecular complexity index is 479. The molecule has 2 atom stereocenters. The molecule has 0 aromatic carbocycles. The van der Waals surface area contributed by atoms with E-state index in [0.29, 0.717) is 0 Å². The monoisotopic (exact) mass is 360 g/mol. The second kappa shape index (κ2) is 9.21. The van der Waals surface area contributed by atoms with E-state index in [2.05, 4.69) is 17.1 Å². The highest BCUT2D eigenvalue weighted by atomic mass is 32.2. The summed E-state index contributed by atoms with van der Waals surface area (Å²) in [5.74, 6) is 0.509. The number of rotatable bonds is 11. The van der Waals surface area contributed by atoms with Gasteiger partial charge in [-0.15, -0.1) is 0 Å². The third-order valence-electron chi connectivity index (χ3n) is 5.05. The van der Waals surface area contributed by atoms with E-state index in [1.54, 1.807) is 0 Å². The molecule has 0 aliphatic carbocycles. The van der Waals surface area contributed by atoms with Gasteiger partial charge < -0.3 is 10.2 Å². The fourth-order valence-electron chi connectivity index (χ4n) is 3.70. The molecule has 1 N–H and O–H groups in total. The van der Waals surface area contributed by atoms with Crippen LogP contribution in [0.2, 0.25) is 0 Å². The lowest BCUT2D eigenvalue weighted by molar-refractivity contribution is 0.344. The second-order valence-electron chi connectivity index (χ2n) is 7.08. The molecule has 0 aromatic rings. The molecule has 2 fully saturated rings. The van der Waals surface area contributed by atoms with Gasteiger partial charge in [0.05, 0.1) is 23.6 Å². The summed E-state index contributed by atoms with van der Waals surface area (Å²) in [6.07, 6.45) is 13.2. The van der Waals surface area contributed by atoms with Crippen molar-refractivity contribution in [3.05, 3.63) is 0 Å². The molecule has 0 saturated carbocycles. The van der Waals surface area contributed by atoms with Crippen molar-refractivity contribution in [1.29, 1.82) is 0 Å². The predicted molar refractivity (Wildman–Crippen MR) is 101 cm³/mol. The van der Waals surface area contributed by atoms with Crippen LogP contribution in [0, 0.1) is 0 Å². The summed E-state index contributed by atoms with van der Waals surface area (Å²) < 4.78 is 23.5. The Kier molecular flexibility index (Phi) is 7.60. The van der Waals surface area contributed by atoms with E-state index in [9.17, 15) is 8.42 Å². The molecule has 23 heavy (non-hydrogen) atoms. The van der Waals surface area contributed by atoms with Crippen molar-refractivity contribution < 1.29 is 8.42 Å². The average molecular weight is 361 g/mol. The van der Waals surface area contributed by atoms with Crippen LogP contribution in [-0.2, 0) is 9.84 Å². The third kappa shape index (κ3) is 5.89. The molecule has 2 saturated heterocycles. The average Bonchev–Trinajstić information content (AvgIpc) is 2.92. The summed E-state index contributed by atoms with van der Waals surface area (Å²) in [7, 11) is -2.88. The van der Waals surface area contributed by atoms with Gasteiger partial charge in [-0.3, -0.25) is 0 Å². The maximum Gasteiger partial charge on any atom is 0.169 e. The highest BCUT2D eigenvalue weighted by molar-refractivity contribution is 7.91. The van der Waals surface area contributed by atoms with Crippen LogP contribution in [0.4, 0.5) is 0 Å². The second-order valence-corrected chi connectivity index (χ2v) is 9.62. The lowest BCUT2D eigenvalue weighted by atomic mass is 10.1.